The zero-order chi connectivity index (χ0) is 18.4. The van der Waals surface area contributed by atoms with Gasteiger partial charge >= 0.3 is 0 Å². The van der Waals surface area contributed by atoms with Crippen LogP contribution >= 0.6 is 15.9 Å². The molecule has 0 aliphatic rings. The number of nitrogens with zero attached hydrogens (tertiary/aromatic N) is 1. The van der Waals surface area contributed by atoms with Gasteiger partial charge in [0.05, 0.1) is 13.3 Å². The molecule has 2 rings (SSSR count). The Labute approximate surface area is 152 Å². The molecule has 2 aromatic carbocycles. The van der Waals surface area contributed by atoms with Crippen molar-refractivity contribution in [2.24, 2.45) is 5.10 Å². The summed E-state index contributed by atoms with van der Waals surface area (Å²) >= 11 is 3.30. The van der Waals surface area contributed by atoms with Gasteiger partial charge in [0.2, 0.25) is 0 Å². The van der Waals surface area contributed by atoms with E-state index in [2.05, 4.69) is 31.8 Å². The van der Waals surface area contributed by atoms with E-state index in [0.717, 1.165) is 0 Å². The van der Waals surface area contributed by atoms with Crippen molar-refractivity contribution < 1.29 is 19.0 Å². The van der Waals surface area contributed by atoms with E-state index in [4.69, 9.17) is 4.74 Å². The van der Waals surface area contributed by atoms with Crippen LogP contribution in [0.5, 0.6) is 11.5 Å². The first-order chi connectivity index (χ1) is 11.9. The van der Waals surface area contributed by atoms with E-state index in [1.54, 1.807) is 19.1 Å². The van der Waals surface area contributed by atoms with Crippen molar-refractivity contribution in [3.05, 3.63) is 52.3 Å². The fourth-order valence-corrected chi connectivity index (χ4v) is 2.43. The maximum absolute atomic E-state index is 12.9. The minimum atomic E-state index is -0.590. The van der Waals surface area contributed by atoms with Crippen LogP contribution in [0.1, 0.15) is 12.5 Å². The first-order valence-corrected chi connectivity index (χ1v) is 8.11. The molecule has 0 bridgehead atoms. The highest BCUT2D eigenvalue weighted by Crippen LogP contribution is 2.32. The van der Waals surface area contributed by atoms with Crippen LogP contribution < -0.4 is 15.5 Å². The number of benzene rings is 2. The first kappa shape index (κ1) is 18.7. The van der Waals surface area contributed by atoms with Gasteiger partial charge in [0.15, 0.2) is 11.5 Å². The Bertz CT molecular complexity index is 781. The summed E-state index contributed by atoms with van der Waals surface area (Å²) in [5.41, 5.74) is 3.37. The third-order valence-corrected chi connectivity index (χ3v) is 3.75. The van der Waals surface area contributed by atoms with Crippen LogP contribution in [0.3, 0.4) is 0 Å². The molecule has 0 aliphatic carbocycles. The molecule has 1 atom stereocenters. The SMILES string of the molecule is COc1cc(Br)cc(C=NNC(=O)C(C)Nc2ccc(F)cc2)c1O. The molecule has 0 aromatic heterocycles. The standard InChI is InChI=1S/C17H17BrFN3O3/c1-10(21-14-5-3-13(19)4-6-14)17(24)22-20-9-11-7-12(18)8-15(25-2)16(11)23/h3-10,21,23H,1-2H3,(H,22,24). The molecule has 132 valence electrons. The molecule has 1 unspecified atom stereocenters. The van der Waals surface area contributed by atoms with E-state index in [9.17, 15) is 14.3 Å². The number of anilines is 1. The molecular weight excluding hydrogens is 393 g/mol. The van der Waals surface area contributed by atoms with Crippen LogP contribution in [0, 0.1) is 5.82 Å². The highest BCUT2D eigenvalue weighted by atomic mass is 79.9. The van der Waals surface area contributed by atoms with Gasteiger partial charge in [0, 0.05) is 15.7 Å². The molecule has 0 saturated carbocycles. The Morgan fingerprint density at radius 2 is 2.04 bits per heavy atom. The number of amides is 1. The first-order valence-electron chi connectivity index (χ1n) is 7.32. The summed E-state index contributed by atoms with van der Waals surface area (Å²) in [5.74, 6) is -0.534. The smallest absolute Gasteiger partial charge is 0.262 e. The van der Waals surface area contributed by atoms with Crippen molar-refractivity contribution >= 4 is 33.7 Å². The lowest BCUT2D eigenvalue weighted by molar-refractivity contribution is -0.121. The van der Waals surface area contributed by atoms with Gasteiger partial charge in [-0.15, -0.1) is 0 Å². The Hall–Kier alpha value is -2.61. The zero-order valence-corrected chi connectivity index (χ0v) is 15.2. The van der Waals surface area contributed by atoms with Gasteiger partial charge in [-0.05, 0) is 43.3 Å². The van der Waals surface area contributed by atoms with E-state index >= 15 is 0 Å². The molecule has 0 aliphatic heterocycles. The van der Waals surface area contributed by atoms with Crippen LogP contribution in [0.2, 0.25) is 0 Å². The average molecular weight is 410 g/mol. The summed E-state index contributed by atoms with van der Waals surface area (Å²) in [6, 6.07) is 8.33. The average Bonchev–Trinajstić information content (AvgIpc) is 2.59. The van der Waals surface area contributed by atoms with Gasteiger partial charge in [0.1, 0.15) is 11.9 Å². The molecule has 0 heterocycles. The number of phenols is 1. The molecule has 25 heavy (non-hydrogen) atoms. The van der Waals surface area contributed by atoms with E-state index in [1.165, 1.54) is 37.6 Å². The van der Waals surface area contributed by atoms with Gasteiger partial charge < -0.3 is 15.2 Å². The number of hydrogen-bond donors (Lipinski definition) is 3. The molecule has 6 nitrogen and oxygen atoms in total. The largest absolute Gasteiger partial charge is 0.504 e. The Morgan fingerprint density at radius 1 is 1.36 bits per heavy atom. The number of carbonyl (C=O) groups excluding carboxylic acids is 1. The highest BCUT2D eigenvalue weighted by molar-refractivity contribution is 9.10. The Balaban J connectivity index is 1.98. The summed E-state index contributed by atoms with van der Waals surface area (Å²) in [6.45, 7) is 1.65. The van der Waals surface area contributed by atoms with Gasteiger partial charge in [-0.25, -0.2) is 9.82 Å². The van der Waals surface area contributed by atoms with Crippen LogP contribution in [-0.2, 0) is 4.79 Å². The highest BCUT2D eigenvalue weighted by Gasteiger charge is 2.12. The monoisotopic (exact) mass is 409 g/mol. The summed E-state index contributed by atoms with van der Waals surface area (Å²) < 4.78 is 18.6. The zero-order valence-electron chi connectivity index (χ0n) is 13.6. The molecule has 8 heteroatoms. The van der Waals surface area contributed by atoms with Crippen molar-refractivity contribution in [2.45, 2.75) is 13.0 Å². The summed E-state index contributed by atoms with van der Waals surface area (Å²) in [5, 5.41) is 16.8. The summed E-state index contributed by atoms with van der Waals surface area (Å²) in [6.07, 6.45) is 1.31. The van der Waals surface area contributed by atoms with Gasteiger partial charge in [0.25, 0.3) is 5.91 Å². The van der Waals surface area contributed by atoms with Gasteiger partial charge in [-0.3, -0.25) is 4.79 Å². The van der Waals surface area contributed by atoms with Crippen LogP contribution in [0.15, 0.2) is 46.0 Å². The third kappa shape index (κ3) is 5.18. The third-order valence-electron chi connectivity index (χ3n) is 3.29. The van der Waals surface area contributed by atoms with E-state index in [0.29, 0.717) is 15.7 Å². The minimum absolute atomic E-state index is 0.0822. The number of nitrogens with one attached hydrogen (secondary N) is 2. The number of ether oxygens (including phenoxy) is 1. The van der Waals surface area contributed by atoms with E-state index in [1.807, 2.05) is 0 Å². The van der Waals surface area contributed by atoms with Crippen molar-refractivity contribution in [2.75, 3.05) is 12.4 Å². The lowest BCUT2D eigenvalue weighted by atomic mass is 10.2. The fourth-order valence-electron chi connectivity index (χ4n) is 1.97. The molecule has 0 spiro atoms. The maximum Gasteiger partial charge on any atom is 0.262 e. The van der Waals surface area contributed by atoms with Gasteiger partial charge in [-0.1, -0.05) is 15.9 Å². The second-order valence-electron chi connectivity index (χ2n) is 5.15. The Morgan fingerprint density at radius 3 is 2.68 bits per heavy atom. The van der Waals surface area contributed by atoms with E-state index in [-0.39, 0.29) is 23.2 Å². The molecule has 0 fully saturated rings. The van der Waals surface area contributed by atoms with Crippen molar-refractivity contribution in [1.82, 2.24) is 5.43 Å². The number of hydrazone groups is 1. The van der Waals surface area contributed by atoms with Crippen molar-refractivity contribution in [3.8, 4) is 11.5 Å². The molecule has 2 aromatic rings. The molecule has 0 saturated heterocycles. The molecule has 3 N–H and O–H groups in total. The number of aromatic hydroxyl groups is 1. The van der Waals surface area contributed by atoms with Crippen LogP contribution in [-0.4, -0.2) is 30.4 Å². The van der Waals surface area contributed by atoms with Crippen LogP contribution in [0.25, 0.3) is 0 Å². The van der Waals surface area contributed by atoms with Crippen molar-refractivity contribution in [3.63, 3.8) is 0 Å². The topological polar surface area (TPSA) is 83.0 Å². The van der Waals surface area contributed by atoms with Crippen LogP contribution in [0.4, 0.5) is 10.1 Å². The maximum atomic E-state index is 12.9. The van der Waals surface area contributed by atoms with Gasteiger partial charge in [-0.2, -0.15) is 5.10 Å². The number of phenolic OH excluding ortho intramolecular Hbond substituents is 1. The quantitative estimate of drug-likeness (QED) is 0.505. The fraction of sp³-hybridized carbons (Fsp3) is 0.176. The minimum Gasteiger partial charge on any atom is -0.504 e. The number of methoxy groups -OCH3 is 1. The Kier molecular flexibility index (Phi) is 6.35. The second kappa shape index (κ2) is 8.48. The number of carbonyl (C=O) groups is 1. The molecule has 0 radical (unpaired) electrons. The number of hydrogen-bond acceptors (Lipinski definition) is 5. The summed E-state index contributed by atoms with van der Waals surface area (Å²) in [4.78, 5) is 12.0. The molecule has 1 amide bonds. The lowest BCUT2D eigenvalue weighted by Crippen LogP contribution is -2.34. The number of rotatable bonds is 6. The lowest BCUT2D eigenvalue weighted by Gasteiger charge is -2.13. The molecular formula is C17H17BrFN3O3. The normalized spacial score (nSPS) is 12.0. The summed E-state index contributed by atoms with van der Waals surface area (Å²) in [7, 11) is 1.44. The number of halogens is 2. The predicted molar refractivity (Wildman–Crippen MR) is 97.6 cm³/mol. The van der Waals surface area contributed by atoms with Crippen molar-refractivity contribution in [1.29, 1.82) is 0 Å². The van der Waals surface area contributed by atoms with E-state index < -0.39 is 6.04 Å². The second-order valence-corrected chi connectivity index (χ2v) is 6.07. The predicted octanol–water partition coefficient (Wildman–Crippen LogP) is 3.25.